The van der Waals surface area contributed by atoms with Crippen molar-refractivity contribution in [2.45, 2.75) is 25.3 Å². The first-order valence-corrected chi connectivity index (χ1v) is 12.4. The predicted molar refractivity (Wildman–Crippen MR) is 126 cm³/mol. The summed E-state index contributed by atoms with van der Waals surface area (Å²) >= 11 is 0. The summed E-state index contributed by atoms with van der Waals surface area (Å²) in [6, 6.07) is 12.6. The largest absolute Gasteiger partial charge is 0.378 e. The summed E-state index contributed by atoms with van der Waals surface area (Å²) < 4.78 is 33.3. The van der Waals surface area contributed by atoms with E-state index in [-0.39, 0.29) is 17.3 Å². The molecule has 1 N–H and O–H groups in total. The van der Waals surface area contributed by atoms with Crippen molar-refractivity contribution < 1.29 is 22.7 Å². The fourth-order valence-corrected chi connectivity index (χ4v) is 5.51. The van der Waals surface area contributed by atoms with E-state index in [0.717, 1.165) is 11.1 Å². The van der Waals surface area contributed by atoms with Gasteiger partial charge < -0.3 is 19.5 Å². The van der Waals surface area contributed by atoms with Gasteiger partial charge in [0.15, 0.2) is 9.84 Å². The van der Waals surface area contributed by atoms with Crippen LogP contribution < -0.4 is 5.32 Å². The number of nitrogens with zero attached hydrogens (tertiary/aromatic N) is 2. The molecule has 1 fully saturated rings. The lowest BCUT2D eigenvalue weighted by Crippen LogP contribution is -2.42. The molecule has 0 atom stereocenters. The van der Waals surface area contributed by atoms with Crippen molar-refractivity contribution in [2.75, 3.05) is 37.4 Å². The van der Waals surface area contributed by atoms with Crippen molar-refractivity contribution in [1.82, 2.24) is 9.47 Å². The Hall–Kier alpha value is -3.17. The fraction of sp³-hybridized carbons (Fsp3) is 0.333. The number of hydrogen-bond donors (Lipinski definition) is 1. The summed E-state index contributed by atoms with van der Waals surface area (Å²) in [6.45, 7) is 5.86. The molecular weight excluding hydrogens is 442 g/mol. The maximum absolute atomic E-state index is 13.2. The van der Waals surface area contributed by atoms with Crippen molar-refractivity contribution >= 4 is 38.2 Å². The lowest BCUT2D eigenvalue weighted by Gasteiger charge is -2.27. The van der Waals surface area contributed by atoms with Crippen molar-refractivity contribution in [3.63, 3.8) is 0 Å². The Balaban J connectivity index is 1.57. The van der Waals surface area contributed by atoms with Gasteiger partial charge in [-0.05, 0) is 43.2 Å². The van der Waals surface area contributed by atoms with Crippen LogP contribution in [0.4, 0.5) is 5.69 Å². The summed E-state index contributed by atoms with van der Waals surface area (Å²) in [6.07, 6.45) is 1.46. The molecule has 0 unspecified atom stereocenters. The van der Waals surface area contributed by atoms with E-state index in [1.54, 1.807) is 45.9 Å². The van der Waals surface area contributed by atoms with E-state index in [9.17, 15) is 18.0 Å². The van der Waals surface area contributed by atoms with Crippen LogP contribution in [-0.2, 0) is 30.7 Å². The van der Waals surface area contributed by atoms with E-state index < -0.39 is 21.5 Å². The molecule has 2 heterocycles. The second kappa shape index (κ2) is 9.36. The van der Waals surface area contributed by atoms with E-state index in [4.69, 9.17) is 4.74 Å². The summed E-state index contributed by atoms with van der Waals surface area (Å²) in [5.41, 5.74) is 3.14. The SMILES string of the molecule is Cc1cc(C)cc(NC(=O)CS(=O)(=O)c2cn(CC(=O)N3CCOCC3)c3ccccc23)c1. The summed E-state index contributed by atoms with van der Waals surface area (Å²) in [4.78, 5) is 27.1. The highest BCUT2D eigenvalue weighted by atomic mass is 32.2. The van der Waals surface area contributed by atoms with Gasteiger partial charge in [0.1, 0.15) is 12.3 Å². The van der Waals surface area contributed by atoms with Crippen molar-refractivity contribution in [3.05, 3.63) is 59.8 Å². The number of rotatable bonds is 6. The number of sulfone groups is 1. The van der Waals surface area contributed by atoms with Gasteiger partial charge in [-0.25, -0.2) is 8.42 Å². The molecule has 3 aromatic rings. The van der Waals surface area contributed by atoms with Crippen LogP contribution in [0.1, 0.15) is 11.1 Å². The monoisotopic (exact) mass is 469 g/mol. The van der Waals surface area contributed by atoms with E-state index in [2.05, 4.69) is 5.32 Å². The average molecular weight is 470 g/mol. The molecule has 0 bridgehead atoms. The minimum absolute atomic E-state index is 0.0186. The number of nitrogens with one attached hydrogen (secondary N) is 1. The molecule has 4 rings (SSSR count). The number of hydrogen-bond acceptors (Lipinski definition) is 5. The lowest BCUT2D eigenvalue weighted by atomic mass is 10.1. The summed E-state index contributed by atoms with van der Waals surface area (Å²) in [5.74, 6) is -1.40. The van der Waals surface area contributed by atoms with E-state index >= 15 is 0 Å². The van der Waals surface area contributed by atoms with Crippen LogP contribution in [0.2, 0.25) is 0 Å². The van der Waals surface area contributed by atoms with Gasteiger partial charge in [-0.15, -0.1) is 0 Å². The van der Waals surface area contributed by atoms with Crippen LogP contribution in [0.3, 0.4) is 0 Å². The molecule has 0 spiro atoms. The molecule has 1 aliphatic rings. The number of carbonyl (C=O) groups excluding carboxylic acids is 2. The number of benzene rings is 2. The van der Waals surface area contributed by atoms with Gasteiger partial charge in [0.2, 0.25) is 11.8 Å². The molecule has 2 aromatic carbocycles. The number of aromatic nitrogens is 1. The highest BCUT2D eigenvalue weighted by Gasteiger charge is 2.26. The highest BCUT2D eigenvalue weighted by Crippen LogP contribution is 2.27. The Labute approximate surface area is 193 Å². The topological polar surface area (TPSA) is 97.7 Å². The molecule has 0 aliphatic carbocycles. The molecule has 1 aliphatic heterocycles. The fourth-order valence-electron chi connectivity index (χ4n) is 4.14. The Kier molecular flexibility index (Phi) is 6.53. The second-order valence-corrected chi connectivity index (χ2v) is 10.3. The number of carbonyl (C=O) groups is 2. The van der Waals surface area contributed by atoms with Crippen molar-refractivity contribution in [1.29, 1.82) is 0 Å². The lowest BCUT2D eigenvalue weighted by molar-refractivity contribution is -0.135. The predicted octanol–water partition coefficient (Wildman–Crippen LogP) is 2.53. The van der Waals surface area contributed by atoms with E-state index in [0.29, 0.717) is 42.9 Å². The van der Waals surface area contributed by atoms with Gasteiger partial charge in [-0.2, -0.15) is 0 Å². The zero-order valence-corrected chi connectivity index (χ0v) is 19.5. The molecule has 1 saturated heterocycles. The quantitative estimate of drug-likeness (QED) is 0.598. The van der Waals surface area contributed by atoms with Crippen LogP contribution in [0.5, 0.6) is 0 Å². The average Bonchev–Trinajstić information content (AvgIpc) is 3.12. The standard InChI is InChI=1S/C24H27N3O5S/c1-17-11-18(2)13-19(12-17)25-23(28)16-33(30,31)22-14-27(21-6-4-3-5-20(21)22)15-24(29)26-7-9-32-10-8-26/h3-6,11-14H,7-10,15-16H2,1-2H3,(H,25,28). The van der Waals surface area contributed by atoms with Gasteiger partial charge in [0, 0.05) is 35.9 Å². The Bertz CT molecular complexity index is 1290. The zero-order valence-electron chi connectivity index (χ0n) is 18.7. The second-order valence-electron chi connectivity index (χ2n) is 8.32. The summed E-state index contributed by atoms with van der Waals surface area (Å²) in [5, 5.41) is 3.17. The molecule has 2 amide bonds. The van der Waals surface area contributed by atoms with E-state index in [1.807, 2.05) is 19.9 Å². The van der Waals surface area contributed by atoms with Gasteiger partial charge in [0.05, 0.1) is 18.1 Å². The number of ether oxygens (including phenoxy) is 1. The van der Waals surface area contributed by atoms with Gasteiger partial charge >= 0.3 is 0 Å². The maximum atomic E-state index is 13.2. The molecule has 9 heteroatoms. The smallest absolute Gasteiger partial charge is 0.242 e. The van der Waals surface area contributed by atoms with Gasteiger partial charge in [-0.1, -0.05) is 24.3 Å². The number of fused-ring (bicyclic) bond motifs is 1. The van der Waals surface area contributed by atoms with Crippen LogP contribution in [0.15, 0.2) is 53.6 Å². The maximum Gasteiger partial charge on any atom is 0.242 e. The number of amides is 2. The first kappa shape index (κ1) is 23.0. The van der Waals surface area contributed by atoms with Crippen molar-refractivity contribution in [2.24, 2.45) is 0 Å². The third-order valence-corrected chi connectivity index (χ3v) is 7.22. The molecule has 0 saturated carbocycles. The molecule has 33 heavy (non-hydrogen) atoms. The van der Waals surface area contributed by atoms with Crippen LogP contribution in [0, 0.1) is 13.8 Å². The van der Waals surface area contributed by atoms with E-state index in [1.165, 1.54) is 6.20 Å². The molecular formula is C24H27N3O5S. The third-order valence-electron chi connectivity index (χ3n) is 5.58. The first-order chi connectivity index (χ1) is 15.7. The normalized spacial score (nSPS) is 14.4. The van der Waals surface area contributed by atoms with Crippen LogP contribution in [-0.4, -0.2) is 61.8 Å². The number of para-hydroxylation sites is 1. The van der Waals surface area contributed by atoms with Gasteiger partial charge in [-0.3, -0.25) is 9.59 Å². The number of morpholine rings is 1. The van der Waals surface area contributed by atoms with Gasteiger partial charge in [0.25, 0.3) is 0 Å². The minimum Gasteiger partial charge on any atom is -0.378 e. The molecule has 1 aromatic heterocycles. The Morgan fingerprint density at radius 2 is 1.70 bits per heavy atom. The molecule has 0 radical (unpaired) electrons. The zero-order chi connectivity index (χ0) is 23.6. The summed E-state index contributed by atoms with van der Waals surface area (Å²) in [7, 11) is -3.94. The Morgan fingerprint density at radius 1 is 1.03 bits per heavy atom. The third kappa shape index (κ3) is 5.26. The number of anilines is 1. The van der Waals surface area contributed by atoms with Crippen molar-refractivity contribution in [3.8, 4) is 0 Å². The molecule has 8 nitrogen and oxygen atoms in total. The van der Waals surface area contributed by atoms with Crippen LogP contribution in [0.25, 0.3) is 10.9 Å². The van der Waals surface area contributed by atoms with Crippen LogP contribution >= 0.6 is 0 Å². The first-order valence-electron chi connectivity index (χ1n) is 10.8. The Morgan fingerprint density at radius 3 is 2.39 bits per heavy atom. The molecule has 174 valence electrons. The number of aryl methyl sites for hydroxylation is 2. The highest BCUT2D eigenvalue weighted by molar-refractivity contribution is 7.92. The minimum atomic E-state index is -3.94.